The van der Waals surface area contributed by atoms with Gasteiger partial charge >= 0.3 is 0 Å². The van der Waals surface area contributed by atoms with E-state index in [9.17, 15) is 14.4 Å². The standard InChI is InChI=1S/C21H26N4O3/c1-3-14-12(2)22-18(24-19(14)26)17-9-6-10-25(17)21(28)15-11-13-7-4-5-8-16(13)23-20(15)27/h11,17H,3-10H2,1-2H3,(H,23,27)(H,22,24,26). The maximum atomic E-state index is 13.2. The van der Waals surface area contributed by atoms with Crippen molar-refractivity contribution >= 4 is 5.91 Å². The molecule has 1 saturated heterocycles. The van der Waals surface area contributed by atoms with Crippen LogP contribution in [0.2, 0.25) is 0 Å². The Balaban J connectivity index is 1.68. The highest BCUT2D eigenvalue weighted by Crippen LogP contribution is 2.31. The largest absolute Gasteiger partial charge is 0.328 e. The van der Waals surface area contributed by atoms with Crippen molar-refractivity contribution in [3.8, 4) is 0 Å². The molecule has 0 bridgehead atoms. The Morgan fingerprint density at radius 1 is 1.18 bits per heavy atom. The highest BCUT2D eigenvalue weighted by molar-refractivity contribution is 5.94. The van der Waals surface area contributed by atoms with E-state index in [4.69, 9.17) is 0 Å². The molecular formula is C21H26N4O3. The van der Waals surface area contributed by atoms with E-state index in [1.54, 1.807) is 11.0 Å². The molecule has 1 aliphatic heterocycles. The molecule has 7 heteroatoms. The summed E-state index contributed by atoms with van der Waals surface area (Å²) in [4.78, 5) is 50.2. The van der Waals surface area contributed by atoms with E-state index < -0.39 is 0 Å². The van der Waals surface area contributed by atoms with Gasteiger partial charge in [0.25, 0.3) is 17.0 Å². The molecule has 1 unspecified atom stereocenters. The number of nitrogens with one attached hydrogen (secondary N) is 2. The van der Waals surface area contributed by atoms with Crippen LogP contribution in [0.15, 0.2) is 15.7 Å². The van der Waals surface area contributed by atoms with Crippen LogP contribution in [-0.2, 0) is 19.3 Å². The summed E-state index contributed by atoms with van der Waals surface area (Å²) in [5.74, 6) is 0.233. The van der Waals surface area contributed by atoms with Crippen molar-refractivity contribution in [3.63, 3.8) is 0 Å². The number of likely N-dealkylation sites (tertiary alicyclic amines) is 1. The van der Waals surface area contributed by atoms with Gasteiger partial charge in [0.1, 0.15) is 11.4 Å². The van der Waals surface area contributed by atoms with Crippen LogP contribution in [0.5, 0.6) is 0 Å². The summed E-state index contributed by atoms with van der Waals surface area (Å²) >= 11 is 0. The second-order valence-corrected chi connectivity index (χ2v) is 7.75. The summed E-state index contributed by atoms with van der Waals surface area (Å²) in [6.07, 6.45) is 6.05. The van der Waals surface area contributed by atoms with Gasteiger partial charge in [-0.25, -0.2) is 4.98 Å². The Hall–Kier alpha value is -2.70. The number of fused-ring (bicyclic) bond motifs is 1. The van der Waals surface area contributed by atoms with Crippen LogP contribution in [0.1, 0.15) is 77.3 Å². The average Bonchev–Trinajstić information content (AvgIpc) is 3.16. The maximum absolute atomic E-state index is 13.2. The van der Waals surface area contributed by atoms with Gasteiger partial charge in [-0.1, -0.05) is 6.92 Å². The molecule has 148 valence electrons. The van der Waals surface area contributed by atoms with Crippen molar-refractivity contribution in [2.75, 3.05) is 6.54 Å². The molecule has 1 atom stereocenters. The van der Waals surface area contributed by atoms with E-state index in [1.807, 2.05) is 13.8 Å². The Morgan fingerprint density at radius 2 is 1.96 bits per heavy atom. The quantitative estimate of drug-likeness (QED) is 0.850. The molecule has 28 heavy (non-hydrogen) atoms. The fraction of sp³-hybridized carbons (Fsp3) is 0.524. The molecule has 1 amide bonds. The average molecular weight is 382 g/mol. The van der Waals surface area contributed by atoms with Gasteiger partial charge in [-0.2, -0.15) is 0 Å². The molecule has 0 saturated carbocycles. The van der Waals surface area contributed by atoms with Gasteiger partial charge in [0.05, 0.1) is 6.04 Å². The zero-order chi connectivity index (χ0) is 19.8. The third-order valence-electron chi connectivity index (χ3n) is 5.99. The number of aromatic nitrogens is 3. The van der Waals surface area contributed by atoms with Gasteiger partial charge in [0.15, 0.2) is 0 Å². The summed E-state index contributed by atoms with van der Waals surface area (Å²) in [7, 11) is 0. The molecule has 7 nitrogen and oxygen atoms in total. The van der Waals surface area contributed by atoms with E-state index >= 15 is 0 Å². The van der Waals surface area contributed by atoms with Crippen LogP contribution in [0, 0.1) is 6.92 Å². The first-order chi connectivity index (χ1) is 13.5. The molecule has 2 N–H and O–H groups in total. The van der Waals surface area contributed by atoms with Crippen molar-refractivity contribution in [1.82, 2.24) is 19.9 Å². The number of aromatic amines is 2. The predicted octanol–water partition coefficient (Wildman–Crippen LogP) is 2.19. The van der Waals surface area contributed by atoms with E-state index in [2.05, 4.69) is 15.0 Å². The molecule has 3 heterocycles. The topological polar surface area (TPSA) is 98.9 Å². The molecule has 2 aromatic rings. The number of aryl methyl sites for hydroxylation is 3. The molecular weight excluding hydrogens is 356 g/mol. The minimum absolute atomic E-state index is 0.143. The van der Waals surface area contributed by atoms with E-state index in [1.165, 1.54) is 0 Å². The van der Waals surface area contributed by atoms with E-state index in [0.29, 0.717) is 30.0 Å². The van der Waals surface area contributed by atoms with Crippen molar-refractivity contribution in [3.05, 3.63) is 60.7 Å². The van der Waals surface area contributed by atoms with Crippen molar-refractivity contribution in [2.24, 2.45) is 0 Å². The number of carbonyl (C=O) groups is 1. The second-order valence-electron chi connectivity index (χ2n) is 7.75. The van der Waals surface area contributed by atoms with E-state index in [-0.39, 0.29) is 28.6 Å². The lowest BCUT2D eigenvalue weighted by molar-refractivity contribution is 0.0727. The number of hydrogen-bond donors (Lipinski definition) is 2. The zero-order valence-corrected chi connectivity index (χ0v) is 16.4. The van der Waals surface area contributed by atoms with Crippen LogP contribution in [0.4, 0.5) is 0 Å². The lowest BCUT2D eigenvalue weighted by atomic mass is 9.95. The lowest BCUT2D eigenvalue weighted by Crippen LogP contribution is -2.36. The third-order valence-corrected chi connectivity index (χ3v) is 5.99. The fourth-order valence-electron chi connectivity index (χ4n) is 4.49. The zero-order valence-electron chi connectivity index (χ0n) is 16.4. The number of carbonyl (C=O) groups excluding carboxylic acids is 1. The molecule has 2 aromatic heterocycles. The van der Waals surface area contributed by atoms with Gasteiger partial charge in [-0.05, 0) is 63.5 Å². The number of pyridine rings is 1. The van der Waals surface area contributed by atoms with Gasteiger partial charge in [-0.3, -0.25) is 14.4 Å². The fourth-order valence-corrected chi connectivity index (χ4v) is 4.49. The first-order valence-electron chi connectivity index (χ1n) is 10.1. The van der Waals surface area contributed by atoms with Gasteiger partial charge in [-0.15, -0.1) is 0 Å². The van der Waals surface area contributed by atoms with E-state index in [0.717, 1.165) is 49.8 Å². The number of hydrogen-bond acceptors (Lipinski definition) is 4. The smallest absolute Gasteiger partial charge is 0.261 e. The van der Waals surface area contributed by atoms with Crippen molar-refractivity contribution in [2.45, 2.75) is 64.8 Å². The van der Waals surface area contributed by atoms with Crippen LogP contribution < -0.4 is 11.1 Å². The van der Waals surface area contributed by atoms with Crippen LogP contribution >= 0.6 is 0 Å². The summed E-state index contributed by atoms with van der Waals surface area (Å²) in [6, 6.07) is 1.47. The van der Waals surface area contributed by atoms with Crippen LogP contribution in [0.25, 0.3) is 0 Å². The van der Waals surface area contributed by atoms with Crippen molar-refractivity contribution in [1.29, 1.82) is 0 Å². The molecule has 2 aliphatic rings. The lowest BCUT2D eigenvalue weighted by Gasteiger charge is -2.25. The molecule has 1 aliphatic carbocycles. The van der Waals surface area contributed by atoms with Gasteiger partial charge in [0.2, 0.25) is 0 Å². The maximum Gasteiger partial charge on any atom is 0.261 e. The molecule has 1 fully saturated rings. The summed E-state index contributed by atoms with van der Waals surface area (Å²) in [5.41, 5.74) is 3.13. The summed E-state index contributed by atoms with van der Waals surface area (Å²) in [5, 5.41) is 0. The number of nitrogens with zero attached hydrogens (tertiary/aromatic N) is 2. The predicted molar refractivity (Wildman–Crippen MR) is 106 cm³/mol. The monoisotopic (exact) mass is 382 g/mol. The van der Waals surface area contributed by atoms with Crippen LogP contribution in [0.3, 0.4) is 0 Å². The molecule has 4 rings (SSSR count). The third kappa shape index (κ3) is 3.19. The minimum atomic E-state index is -0.324. The Morgan fingerprint density at radius 3 is 2.71 bits per heavy atom. The van der Waals surface area contributed by atoms with Gasteiger partial charge < -0.3 is 14.9 Å². The molecule has 0 radical (unpaired) electrons. The van der Waals surface area contributed by atoms with Crippen LogP contribution in [-0.4, -0.2) is 32.3 Å². The summed E-state index contributed by atoms with van der Waals surface area (Å²) in [6.45, 7) is 4.30. The first kappa shape index (κ1) is 18.7. The highest BCUT2D eigenvalue weighted by Gasteiger charge is 2.34. The number of amides is 1. The normalized spacial score (nSPS) is 18.9. The minimum Gasteiger partial charge on any atom is -0.328 e. The number of H-pyrrole nitrogens is 2. The molecule has 0 spiro atoms. The van der Waals surface area contributed by atoms with Crippen molar-refractivity contribution < 1.29 is 4.79 Å². The Labute approximate surface area is 163 Å². The first-order valence-corrected chi connectivity index (χ1v) is 10.1. The summed E-state index contributed by atoms with van der Waals surface area (Å²) < 4.78 is 0. The van der Waals surface area contributed by atoms with Gasteiger partial charge in [0, 0.05) is 23.5 Å². The highest BCUT2D eigenvalue weighted by atomic mass is 16.2. The SMILES string of the molecule is CCc1c(C)nc(C2CCCN2C(=O)c2cc3c([nH]c2=O)CCCC3)[nH]c1=O. The second kappa shape index (κ2) is 7.37. The molecule has 0 aromatic carbocycles. The Kier molecular flexibility index (Phi) is 4.91. The Bertz CT molecular complexity index is 1040. The number of rotatable bonds is 3.